The Balaban J connectivity index is 2.26. The summed E-state index contributed by atoms with van der Waals surface area (Å²) in [5.74, 6) is 3.59. The number of quaternary nitrogens is 1. The highest BCUT2D eigenvalue weighted by molar-refractivity contribution is 7.80. The molecule has 1 aliphatic rings. The van der Waals surface area contributed by atoms with Crippen LogP contribution in [0.1, 0.15) is 17.0 Å². The standard InChI is InChI=1S/C9H15N5S/c1-6-7-3-4-14(9(15)11-10)5-8(7)13(2)12-6/h3-5,10H2,1-2H3,(H,11,15)/p+1. The van der Waals surface area contributed by atoms with Crippen molar-refractivity contribution >= 4 is 17.3 Å². The maximum Gasteiger partial charge on any atom is 0.216 e. The fourth-order valence-electron chi connectivity index (χ4n) is 2.06. The molecule has 15 heavy (non-hydrogen) atoms. The maximum atomic E-state index is 5.18. The highest BCUT2D eigenvalue weighted by atomic mass is 32.1. The number of aryl methyl sites for hydroxylation is 2. The molecule has 0 saturated heterocycles. The van der Waals surface area contributed by atoms with Crippen LogP contribution in [-0.2, 0) is 20.0 Å². The first kappa shape index (κ1) is 10.4. The molecule has 0 amide bonds. The number of aromatic nitrogens is 2. The van der Waals surface area contributed by atoms with Gasteiger partial charge in [-0.25, -0.2) is 5.43 Å². The average Bonchev–Trinajstić information content (AvgIpc) is 2.53. The van der Waals surface area contributed by atoms with Gasteiger partial charge in [0.05, 0.1) is 17.9 Å². The molecule has 0 unspecified atom stereocenters. The lowest BCUT2D eigenvalue weighted by molar-refractivity contribution is -0.420. The fourth-order valence-corrected chi connectivity index (χ4v) is 2.22. The number of rotatable bonds is 0. The summed E-state index contributed by atoms with van der Waals surface area (Å²) in [5, 5.41) is 5.13. The Labute approximate surface area is 94.2 Å². The van der Waals surface area contributed by atoms with Crippen LogP contribution in [0.15, 0.2) is 0 Å². The van der Waals surface area contributed by atoms with E-state index in [1.807, 2.05) is 11.7 Å². The van der Waals surface area contributed by atoms with Gasteiger partial charge in [-0.1, -0.05) is 0 Å². The van der Waals surface area contributed by atoms with E-state index in [0.29, 0.717) is 5.11 Å². The van der Waals surface area contributed by atoms with Gasteiger partial charge in [-0.2, -0.15) is 5.10 Å². The predicted molar refractivity (Wildman–Crippen MR) is 60.7 cm³/mol. The number of thiocarbonyl (C=S) groups is 1. The van der Waals surface area contributed by atoms with Gasteiger partial charge >= 0.3 is 0 Å². The first-order valence-corrected chi connectivity index (χ1v) is 5.37. The molecular weight excluding hydrogens is 210 g/mol. The third-order valence-corrected chi connectivity index (χ3v) is 3.29. The Bertz CT molecular complexity index is 397. The second-order valence-corrected chi connectivity index (χ2v) is 4.17. The van der Waals surface area contributed by atoms with E-state index in [4.69, 9.17) is 12.2 Å². The van der Waals surface area contributed by atoms with Gasteiger partial charge in [0.2, 0.25) is 5.11 Å². The van der Waals surface area contributed by atoms with E-state index in [1.54, 1.807) is 0 Å². The Morgan fingerprint density at radius 3 is 3.00 bits per heavy atom. The Hall–Kier alpha value is -1.14. The zero-order chi connectivity index (χ0) is 11.0. The van der Waals surface area contributed by atoms with Crippen molar-refractivity contribution in [3.05, 3.63) is 17.0 Å². The normalized spacial score (nSPS) is 15.0. The van der Waals surface area contributed by atoms with Crippen molar-refractivity contribution < 1.29 is 5.84 Å². The lowest BCUT2D eigenvalue weighted by atomic mass is 10.1. The Morgan fingerprint density at radius 1 is 1.60 bits per heavy atom. The summed E-state index contributed by atoms with van der Waals surface area (Å²) >= 11 is 5.18. The van der Waals surface area contributed by atoms with Crippen molar-refractivity contribution in [1.29, 1.82) is 0 Å². The van der Waals surface area contributed by atoms with Crippen molar-refractivity contribution in [1.82, 2.24) is 20.1 Å². The van der Waals surface area contributed by atoms with Crippen LogP contribution in [0.2, 0.25) is 0 Å². The minimum atomic E-state index is 0.708. The van der Waals surface area contributed by atoms with Gasteiger partial charge in [-0.05, 0) is 31.1 Å². The van der Waals surface area contributed by atoms with Crippen LogP contribution in [-0.4, -0.2) is 26.3 Å². The molecule has 82 valence electrons. The largest absolute Gasteiger partial charge is 0.339 e. The zero-order valence-corrected chi connectivity index (χ0v) is 9.89. The molecule has 0 aliphatic carbocycles. The van der Waals surface area contributed by atoms with Crippen LogP contribution in [0.5, 0.6) is 0 Å². The third-order valence-electron chi connectivity index (χ3n) is 2.89. The quantitative estimate of drug-likeness (QED) is 0.445. The van der Waals surface area contributed by atoms with Crippen LogP contribution in [0, 0.1) is 6.92 Å². The molecule has 1 aromatic rings. The second-order valence-electron chi connectivity index (χ2n) is 3.79. The van der Waals surface area contributed by atoms with Crippen molar-refractivity contribution in [2.75, 3.05) is 6.54 Å². The summed E-state index contributed by atoms with van der Waals surface area (Å²) in [6.07, 6.45) is 1.01. The van der Waals surface area contributed by atoms with E-state index >= 15 is 0 Å². The van der Waals surface area contributed by atoms with Crippen LogP contribution in [0.3, 0.4) is 0 Å². The van der Waals surface area contributed by atoms with E-state index in [2.05, 4.69) is 28.2 Å². The summed E-state index contributed by atoms with van der Waals surface area (Å²) in [6.45, 7) is 3.83. The number of fused-ring (bicyclic) bond motifs is 1. The molecule has 6 heteroatoms. The summed E-state index contributed by atoms with van der Waals surface area (Å²) < 4.78 is 1.95. The summed E-state index contributed by atoms with van der Waals surface area (Å²) in [4.78, 5) is 2.12. The maximum absolute atomic E-state index is 5.18. The number of hydrogen-bond donors (Lipinski definition) is 2. The average molecular weight is 226 g/mol. The summed E-state index contributed by atoms with van der Waals surface area (Å²) in [6, 6.07) is 0. The SMILES string of the molecule is Cc1nn(C)c2c1CCN(C(=S)N[NH3+])C2. The number of nitrogens with one attached hydrogen (secondary N) is 1. The summed E-state index contributed by atoms with van der Waals surface area (Å²) in [7, 11) is 1.98. The molecule has 2 rings (SSSR count). The van der Waals surface area contributed by atoms with Crippen molar-refractivity contribution in [3.8, 4) is 0 Å². The van der Waals surface area contributed by atoms with Gasteiger partial charge in [0, 0.05) is 13.6 Å². The Morgan fingerprint density at radius 2 is 2.33 bits per heavy atom. The molecule has 0 aromatic carbocycles. The molecule has 4 N–H and O–H groups in total. The summed E-state index contributed by atoms with van der Waals surface area (Å²) in [5.41, 5.74) is 6.55. The van der Waals surface area contributed by atoms with Gasteiger partial charge in [0.25, 0.3) is 0 Å². The molecular formula is C9H16N5S+. The van der Waals surface area contributed by atoms with Crippen molar-refractivity contribution in [3.63, 3.8) is 0 Å². The number of hydrogen-bond acceptors (Lipinski definition) is 2. The van der Waals surface area contributed by atoms with Crippen LogP contribution in [0.4, 0.5) is 0 Å². The predicted octanol–water partition coefficient (Wildman–Crippen LogP) is -0.882. The lowest BCUT2D eigenvalue weighted by Gasteiger charge is -2.28. The zero-order valence-electron chi connectivity index (χ0n) is 9.08. The first-order valence-electron chi connectivity index (χ1n) is 4.97. The van der Waals surface area contributed by atoms with E-state index < -0.39 is 0 Å². The smallest absolute Gasteiger partial charge is 0.216 e. The molecule has 2 heterocycles. The molecule has 1 aliphatic heterocycles. The van der Waals surface area contributed by atoms with E-state index in [1.165, 1.54) is 11.3 Å². The van der Waals surface area contributed by atoms with E-state index in [-0.39, 0.29) is 0 Å². The number of nitrogens with zero attached hydrogens (tertiary/aromatic N) is 3. The van der Waals surface area contributed by atoms with Gasteiger partial charge in [-0.15, -0.1) is 0 Å². The highest BCUT2D eigenvalue weighted by Gasteiger charge is 2.23. The fraction of sp³-hybridized carbons (Fsp3) is 0.556. The molecule has 0 saturated carbocycles. The second kappa shape index (κ2) is 3.79. The van der Waals surface area contributed by atoms with Gasteiger partial charge in [0.15, 0.2) is 0 Å². The van der Waals surface area contributed by atoms with Crippen molar-refractivity contribution in [2.45, 2.75) is 19.9 Å². The first-order chi connectivity index (χ1) is 7.13. The lowest BCUT2D eigenvalue weighted by Crippen LogP contribution is -2.69. The van der Waals surface area contributed by atoms with Crippen LogP contribution < -0.4 is 11.3 Å². The monoisotopic (exact) mass is 226 g/mol. The highest BCUT2D eigenvalue weighted by Crippen LogP contribution is 2.21. The molecule has 0 bridgehead atoms. The molecule has 0 spiro atoms. The third kappa shape index (κ3) is 1.70. The van der Waals surface area contributed by atoms with Gasteiger partial charge in [0.1, 0.15) is 0 Å². The minimum absolute atomic E-state index is 0.708. The van der Waals surface area contributed by atoms with E-state index in [0.717, 1.165) is 25.2 Å². The molecule has 0 fully saturated rings. The van der Waals surface area contributed by atoms with E-state index in [9.17, 15) is 0 Å². The van der Waals surface area contributed by atoms with Gasteiger partial charge in [-0.3, -0.25) is 10.5 Å². The van der Waals surface area contributed by atoms with Gasteiger partial charge < -0.3 is 4.90 Å². The Kier molecular flexibility index (Phi) is 2.62. The van der Waals surface area contributed by atoms with Crippen molar-refractivity contribution in [2.24, 2.45) is 7.05 Å². The topological polar surface area (TPSA) is 60.7 Å². The minimum Gasteiger partial charge on any atom is -0.339 e. The molecule has 1 aromatic heterocycles. The van der Waals surface area contributed by atoms with Crippen LogP contribution >= 0.6 is 12.2 Å². The molecule has 0 radical (unpaired) electrons. The van der Waals surface area contributed by atoms with Crippen LogP contribution in [0.25, 0.3) is 0 Å². The molecule has 5 nitrogen and oxygen atoms in total. The molecule has 0 atom stereocenters.